The highest BCUT2D eigenvalue weighted by Crippen LogP contribution is 2.19. The first-order valence-corrected chi connectivity index (χ1v) is 8.49. The zero-order valence-electron chi connectivity index (χ0n) is 13.8. The predicted octanol–water partition coefficient (Wildman–Crippen LogP) is 1.47. The van der Waals surface area contributed by atoms with Crippen molar-refractivity contribution in [3.63, 3.8) is 0 Å². The molecule has 0 spiro atoms. The largest absolute Gasteiger partial charge is 0.504 e. The zero-order chi connectivity index (χ0) is 17.3. The van der Waals surface area contributed by atoms with Crippen molar-refractivity contribution in [2.75, 3.05) is 27.9 Å². The zero-order valence-corrected chi connectivity index (χ0v) is 14.8. The van der Waals surface area contributed by atoms with Crippen LogP contribution in [0.1, 0.15) is 13.8 Å². The van der Waals surface area contributed by atoms with Crippen molar-refractivity contribution >= 4 is 20.7 Å². The highest BCUT2D eigenvalue weighted by Gasteiger charge is 2.42. The summed E-state index contributed by atoms with van der Waals surface area (Å²) < 4.78 is 26.1. The van der Waals surface area contributed by atoms with Gasteiger partial charge >= 0.3 is 20.7 Å². The predicted molar refractivity (Wildman–Crippen MR) is 82.1 cm³/mol. The first-order valence-electron chi connectivity index (χ1n) is 6.56. The minimum Gasteiger partial charge on any atom is -0.458 e. The molecule has 0 saturated carbocycles. The Kier molecular flexibility index (Phi) is 8.88. The van der Waals surface area contributed by atoms with E-state index >= 15 is 0 Å². The average Bonchev–Trinajstić information content (AvgIpc) is 2.49. The fourth-order valence-corrected chi connectivity index (χ4v) is 3.22. The Bertz CT molecular complexity index is 421. The van der Waals surface area contributed by atoms with E-state index in [0.29, 0.717) is 0 Å². The number of rotatable bonds is 10. The molecule has 0 aromatic heterocycles. The van der Waals surface area contributed by atoms with Gasteiger partial charge in [-0.05, 0) is 13.8 Å². The average molecular weight is 332 g/mol. The third-order valence-corrected chi connectivity index (χ3v) is 5.60. The topological polar surface area (TPSA) is 80.3 Å². The van der Waals surface area contributed by atoms with Crippen LogP contribution in [0.2, 0.25) is 6.04 Å². The van der Waals surface area contributed by atoms with E-state index in [9.17, 15) is 9.59 Å². The standard InChI is InChI=1S/C14H24O7Si/c1-10(2)13(15)20-8-12(21-14(16)11(3)4)9-22(17-5,18-6)19-7/h12H,1,3,8-9H2,2,4-7H3. The number of esters is 2. The van der Waals surface area contributed by atoms with Gasteiger partial charge in [0.15, 0.2) is 0 Å². The summed E-state index contributed by atoms with van der Waals surface area (Å²) >= 11 is 0. The van der Waals surface area contributed by atoms with Crippen molar-refractivity contribution in [1.82, 2.24) is 0 Å². The second-order valence-electron chi connectivity index (χ2n) is 4.69. The van der Waals surface area contributed by atoms with E-state index in [1.54, 1.807) is 0 Å². The molecule has 1 atom stereocenters. The van der Waals surface area contributed by atoms with Gasteiger partial charge in [-0.15, -0.1) is 0 Å². The molecule has 0 amide bonds. The molecule has 0 aromatic carbocycles. The van der Waals surface area contributed by atoms with Gasteiger partial charge in [-0.1, -0.05) is 13.2 Å². The minimum atomic E-state index is -3.00. The van der Waals surface area contributed by atoms with Gasteiger partial charge in [-0.25, -0.2) is 9.59 Å². The summed E-state index contributed by atoms with van der Waals surface area (Å²) in [7, 11) is 1.32. The van der Waals surface area contributed by atoms with Crippen LogP contribution < -0.4 is 0 Å². The fourth-order valence-electron chi connectivity index (χ4n) is 1.46. The number of carbonyl (C=O) groups excluding carboxylic acids is 2. The molecule has 126 valence electrons. The van der Waals surface area contributed by atoms with E-state index in [2.05, 4.69) is 13.2 Å². The minimum absolute atomic E-state index is 0.138. The van der Waals surface area contributed by atoms with Crippen molar-refractivity contribution in [2.45, 2.75) is 26.0 Å². The molecule has 0 heterocycles. The van der Waals surface area contributed by atoms with E-state index in [-0.39, 0.29) is 23.8 Å². The van der Waals surface area contributed by atoms with Gasteiger partial charge in [-0.2, -0.15) is 0 Å². The normalized spacial score (nSPS) is 12.4. The highest BCUT2D eigenvalue weighted by molar-refractivity contribution is 6.60. The maximum absolute atomic E-state index is 11.7. The van der Waals surface area contributed by atoms with Crippen molar-refractivity contribution < 1.29 is 32.3 Å². The number of carbonyl (C=O) groups is 2. The Balaban J connectivity index is 4.99. The van der Waals surface area contributed by atoms with Gasteiger partial charge in [0, 0.05) is 32.5 Å². The fraction of sp³-hybridized carbons (Fsp3) is 0.571. The lowest BCUT2D eigenvalue weighted by atomic mass is 10.3. The van der Waals surface area contributed by atoms with Crippen LogP contribution in [-0.4, -0.2) is 54.8 Å². The third kappa shape index (κ3) is 6.52. The molecule has 0 saturated heterocycles. The Morgan fingerprint density at radius 1 is 0.955 bits per heavy atom. The second kappa shape index (κ2) is 9.52. The molecule has 0 aliphatic carbocycles. The van der Waals surface area contributed by atoms with Crippen LogP contribution in [-0.2, 0) is 32.3 Å². The number of hydrogen-bond donors (Lipinski definition) is 0. The van der Waals surface area contributed by atoms with Gasteiger partial charge in [0.2, 0.25) is 0 Å². The summed E-state index contributed by atoms with van der Waals surface area (Å²) in [4.78, 5) is 23.2. The molecular formula is C14H24O7Si. The summed E-state index contributed by atoms with van der Waals surface area (Å²) in [6.07, 6.45) is -0.779. The summed E-state index contributed by atoms with van der Waals surface area (Å²) in [6, 6.07) is 0.138. The molecule has 0 aliphatic heterocycles. The van der Waals surface area contributed by atoms with Crippen molar-refractivity contribution in [2.24, 2.45) is 0 Å². The molecule has 1 unspecified atom stereocenters. The lowest BCUT2D eigenvalue weighted by Gasteiger charge is -2.28. The third-order valence-electron chi connectivity index (χ3n) is 2.78. The van der Waals surface area contributed by atoms with Crippen LogP contribution in [0, 0.1) is 0 Å². The Morgan fingerprint density at radius 3 is 1.77 bits per heavy atom. The van der Waals surface area contributed by atoms with Gasteiger partial charge < -0.3 is 22.8 Å². The molecule has 0 fully saturated rings. The number of hydrogen-bond acceptors (Lipinski definition) is 7. The molecule has 8 heteroatoms. The summed E-state index contributed by atoms with van der Waals surface area (Å²) in [5, 5.41) is 0. The first-order chi connectivity index (χ1) is 10.2. The highest BCUT2D eigenvalue weighted by atomic mass is 28.4. The van der Waals surface area contributed by atoms with Gasteiger partial charge in [0.05, 0.1) is 6.04 Å². The van der Waals surface area contributed by atoms with Gasteiger partial charge in [-0.3, -0.25) is 0 Å². The van der Waals surface area contributed by atoms with Crippen molar-refractivity contribution in [3.8, 4) is 0 Å². The van der Waals surface area contributed by atoms with Crippen LogP contribution in [0.5, 0.6) is 0 Å². The van der Waals surface area contributed by atoms with Crippen LogP contribution in [0.3, 0.4) is 0 Å². The number of ether oxygens (including phenoxy) is 2. The molecule has 0 N–H and O–H groups in total. The van der Waals surface area contributed by atoms with Crippen LogP contribution >= 0.6 is 0 Å². The van der Waals surface area contributed by atoms with E-state index in [0.717, 1.165) is 0 Å². The molecule has 0 radical (unpaired) electrons. The molecule has 22 heavy (non-hydrogen) atoms. The van der Waals surface area contributed by atoms with Crippen LogP contribution in [0.25, 0.3) is 0 Å². The van der Waals surface area contributed by atoms with E-state index in [1.165, 1.54) is 35.2 Å². The lowest BCUT2D eigenvalue weighted by Crippen LogP contribution is -2.47. The first kappa shape index (κ1) is 20.5. The molecule has 7 nitrogen and oxygen atoms in total. The lowest BCUT2D eigenvalue weighted by molar-refractivity contribution is -0.153. The molecule has 0 bridgehead atoms. The summed E-state index contributed by atoms with van der Waals surface area (Å²) in [6.45, 7) is 9.88. The summed E-state index contributed by atoms with van der Waals surface area (Å²) in [5.41, 5.74) is 0.481. The van der Waals surface area contributed by atoms with Gasteiger partial charge in [0.25, 0.3) is 0 Å². The van der Waals surface area contributed by atoms with Crippen LogP contribution in [0.4, 0.5) is 0 Å². The van der Waals surface area contributed by atoms with E-state index < -0.39 is 26.8 Å². The summed E-state index contributed by atoms with van der Waals surface area (Å²) in [5.74, 6) is -1.17. The Hall–Kier alpha value is -1.48. The van der Waals surface area contributed by atoms with Gasteiger partial charge in [0.1, 0.15) is 12.7 Å². The molecule has 0 rings (SSSR count). The Labute approximate surface area is 132 Å². The van der Waals surface area contributed by atoms with E-state index in [4.69, 9.17) is 22.8 Å². The second-order valence-corrected chi connectivity index (χ2v) is 7.68. The van der Waals surface area contributed by atoms with E-state index in [1.807, 2.05) is 0 Å². The maximum atomic E-state index is 11.7. The monoisotopic (exact) mass is 332 g/mol. The molecule has 0 aromatic rings. The Morgan fingerprint density at radius 2 is 1.41 bits per heavy atom. The van der Waals surface area contributed by atoms with Crippen LogP contribution in [0.15, 0.2) is 24.3 Å². The smallest absolute Gasteiger partial charge is 0.458 e. The van der Waals surface area contributed by atoms with Crippen molar-refractivity contribution in [3.05, 3.63) is 24.3 Å². The SMILES string of the molecule is C=C(C)C(=O)OCC(C[Si](OC)(OC)OC)OC(=O)C(=C)C. The quantitative estimate of drug-likeness (QED) is 0.340. The maximum Gasteiger partial charge on any atom is 0.504 e. The molecular weight excluding hydrogens is 308 g/mol. The molecule has 0 aliphatic rings. The van der Waals surface area contributed by atoms with Crippen molar-refractivity contribution in [1.29, 1.82) is 0 Å².